The summed E-state index contributed by atoms with van der Waals surface area (Å²) in [5, 5.41) is 4.03. The van der Waals surface area contributed by atoms with Crippen LogP contribution in [0.1, 0.15) is 36.2 Å². The lowest BCUT2D eigenvalue weighted by atomic mass is 10.0. The molecule has 4 nitrogen and oxygen atoms in total. The highest BCUT2D eigenvalue weighted by Crippen LogP contribution is 2.12. The highest BCUT2D eigenvalue weighted by molar-refractivity contribution is 5.23. The van der Waals surface area contributed by atoms with Crippen LogP contribution < -0.4 is 5.73 Å². The van der Waals surface area contributed by atoms with Gasteiger partial charge in [-0.15, -0.1) is 0 Å². The number of rotatable bonds is 6. The summed E-state index contributed by atoms with van der Waals surface area (Å²) >= 11 is 0. The molecule has 0 spiro atoms. The van der Waals surface area contributed by atoms with E-state index in [1.807, 2.05) is 0 Å². The van der Waals surface area contributed by atoms with E-state index in [0.717, 1.165) is 18.7 Å². The molecular formula is C15H21N3O. The summed E-state index contributed by atoms with van der Waals surface area (Å²) in [5.74, 6) is 1.86. The lowest BCUT2D eigenvalue weighted by Crippen LogP contribution is -2.16. The second kappa shape index (κ2) is 6.48. The van der Waals surface area contributed by atoms with E-state index < -0.39 is 0 Å². The van der Waals surface area contributed by atoms with Crippen molar-refractivity contribution < 1.29 is 4.52 Å². The number of benzene rings is 1. The van der Waals surface area contributed by atoms with Crippen molar-refractivity contribution in [1.29, 1.82) is 0 Å². The molecule has 0 aliphatic carbocycles. The van der Waals surface area contributed by atoms with E-state index in [1.54, 1.807) is 0 Å². The number of hydrogen-bond acceptors (Lipinski definition) is 4. The molecule has 0 saturated heterocycles. The van der Waals surface area contributed by atoms with Crippen LogP contribution in [-0.4, -0.2) is 16.7 Å². The normalized spacial score (nSPS) is 12.6. The molecule has 1 unspecified atom stereocenters. The number of nitrogens with two attached hydrogens (primary N) is 1. The second-order valence-corrected chi connectivity index (χ2v) is 4.98. The minimum Gasteiger partial charge on any atom is -0.339 e. The SMILES string of the molecule is CCC(CN)Cc1nc(Cc2ccc(C)cc2)no1. The third-order valence-corrected chi connectivity index (χ3v) is 3.37. The van der Waals surface area contributed by atoms with Gasteiger partial charge in [0.25, 0.3) is 0 Å². The van der Waals surface area contributed by atoms with Crippen LogP contribution in [0.4, 0.5) is 0 Å². The van der Waals surface area contributed by atoms with Gasteiger partial charge in [0.15, 0.2) is 5.82 Å². The molecule has 19 heavy (non-hydrogen) atoms. The fourth-order valence-electron chi connectivity index (χ4n) is 1.97. The molecule has 1 aromatic carbocycles. The van der Waals surface area contributed by atoms with Crippen LogP contribution in [-0.2, 0) is 12.8 Å². The van der Waals surface area contributed by atoms with Crippen LogP contribution >= 0.6 is 0 Å². The summed E-state index contributed by atoms with van der Waals surface area (Å²) in [4.78, 5) is 4.43. The van der Waals surface area contributed by atoms with Crippen molar-refractivity contribution in [2.45, 2.75) is 33.1 Å². The third kappa shape index (κ3) is 3.89. The van der Waals surface area contributed by atoms with Gasteiger partial charge in [-0.2, -0.15) is 4.98 Å². The van der Waals surface area contributed by atoms with Crippen LogP contribution in [0.25, 0.3) is 0 Å². The first-order valence-electron chi connectivity index (χ1n) is 6.78. The van der Waals surface area contributed by atoms with Crippen molar-refractivity contribution in [2.75, 3.05) is 6.54 Å². The molecule has 2 aromatic rings. The van der Waals surface area contributed by atoms with Crippen LogP contribution in [0.3, 0.4) is 0 Å². The first-order valence-corrected chi connectivity index (χ1v) is 6.78. The predicted molar refractivity (Wildman–Crippen MR) is 74.8 cm³/mol. The van der Waals surface area contributed by atoms with Gasteiger partial charge in [-0.05, 0) is 24.9 Å². The van der Waals surface area contributed by atoms with Crippen molar-refractivity contribution >= 4 is 0 Å². The Bertz CT molecular complexity index is 500. The summed E-state index contributed by atoms with van der Waals surface area (Å²) in [6, 6.07) is 8.38. The standard InChI is InChI=1S/C15H21N3O/c1-3-12(10-16)9-15-17-14(18-19-15)8-13-6-4-11(2)5-7-13/h4-7,12H,3,8-10,16H2,1-2H3. The van der Waals surface area contributed by atoms with E-state index in [-0.39, 0.29) is 0 Å². The lowest BCUT2D eigenvalue weighted by molar-refractivity contribution is 0.347. The van der Waals surface area contributed by atoms with Crippen molar-refractivity contribution in [2.24, 2.45) is 11.7 Å². The molecule has 0 amide bonds. The smallest absolute Gasteiger partial charge is 0.226 e. The molecule has 1 atom stereocenters. The number of aryl methyl sites for hydroxylation is 1. The van der Waals surface area contributed by atoms with Crippen LogP contribution in [0, 0.1) is 12.8 Å². The average molecular weight is 259 g/mol. The number of aromatic nitrogens is 2. The van der Waals surface area contributed by atoms with E-state index in [0.29, 0.717) is 24.8 Å². The van der Waals surface area contributed by atoms with E-state index in [1.165, 1.54) is 11.1 Å². The molecule has 0 fully saturated rings. The molecular weight excluding hydrogens is 238 g/mol. The Hall–Kier alpha value is -1.68. The molecule has 4 heteroatoms. The van der Waals surface area contributed by atoms with E-state index in [2.05, 4.69) is 48.3 Å². The third-order valence-electron chi connectivity index (χ3n) is 3.37. The summed E-state index contributed by atoms with van der Waals surface area (Å²) in [6.07, 6.45) is 2.52. The summed E-state index contributed by atoms with van der Waals surface area (Å²) in [7, 11) is 0. The molecule has 0 aliphatic rings. The highest BCUT2D eigenvalue weighted by atomic mass is 16.5. The second-order valence-electron chi connectivity index (χ2n) is 4.98. The fraction of sp³-hybridized carbons (Fsp3) is 0.467. The minimum absolute atomic E-state index is 0.424. The van der Waals surface area contributed by atoms with Crippen molar-refractivity contribution in [3.63, 3.8) is 0 Å². The van der Waals surface area contributed by atoms with Crippen LogP contribution in [0.15, 0.2) is 28.8 Å². The van der Waals surface area contributed by atoms with Gasteiger partial charge >= 0.3 is 0 Å². The van der Waals surface area contributed by atoms with Gasteiger partial charge in [-0.1, -0.05) is 48.3 Å². The van der Waals surface area contributed by atoms with Gasteiger partial charge in [-0.25, -0.2) is 0 Å². The Morgan fingerprint density at radius 1 is 1.26 bits per heavy atom. The van der Waals surface area contributed by atoms with E-state index in [4.69, 9.17) is 10.3 Å². The van der Waals surface area contributed by atoms with Crippen LogP contribution in [0.2, 0.25) is 0 Å². The van der Waals surface area contributed by atoms with Gasteiger partial charge in [0.05, 0.1) is 0 Å². The lowest BCUT2D eigenvalue weighted by Gasteiger charge is -2.07. The molecule has 1 aromatic heterocycles. The van der Waals surface area contributed by atoms with Gasteiger partial charge in [0.1, 0.15) is 0 Å². The maximum atomic E-state index is 5.69. The van der Waals surface area contributed by atoms with Crippen molar-refractivity contribution in [3.05, 3.63) is 47.1 Å². The molecule has 0 bridgehead atoms. The van der Waals surface area contributed by atoms with Crippen LogP contribution in [0.5, 0.6) is 0 Å². The van der Waals surface area contributed by atoms with E-state index in [9.17, 15) is 0 Å². The zero-order chi connectivity index (χ0) is 13.7. The number of nitrogens with zero attached hydrogens (tertiary/aromatic N) is 2. The first kappa shape index (κ1) is 13.7. The monoisotopic (exact) mass is 259 g/mol. The fourth-order valence-corrected chi connectivity index (χ4v) is 1.97. The molecule has 1 heterocycles. The van der Waals surface area contributed by atoms with Crippen molar-refractivity contribution in [1.82, 2.24) is 10.1 Å². The topological polar surface area (TPSA) is 64.9 Å². The minimum atomic E-state index is 0.424. The maximum Gasteiger partial charge on any atom is 0.226 e. The van der Waals surface area contributed by atoms with Gasteiger partial charge < -0.3 is 10.3 Å². The largest absolute Gasteiger partial charge is 0.339 e. The zero-order valence-electron chi connectivity index (χ0n) is 11.6. The van der Waals surface area contributed by atoms with Gasteiger partial charge in [0.2, 0.25) is 5.89 Å². The Morgan fingerprint density at radius 2 is 2.00 bits per heavy atom. The van der Waals surface area contributed by atoms with Gasteiger partial charge in [-0.3, -0.25) is 0 Å². The zero-order valence-corrected chi connectivity index (χ0v) is 11.6. The highest BCUT2D eigenvalue weighted by Gasteiger charge is 2.12. The molecule has 0 radical (unpaired) electrons. The maximum absolute atomic E-state index is 5.69. The number of hydrogen-bond donors (Lipinski definition) is 1. The Kier molecular flexibility index (Phi) is 4.68. The summed E-state index contributed by atoms with van der Waals surface area (Å²) in [6.45, 7) is 4.86. The summed E-state index contributed by atoms with van der Waals surface area (Å²) in [5.41, 5.74) is 8.14. The molecule has 102 valence electrons. The Balaban J connectivity index is 1.99. The average Bonchev–Trinajstić information content (AvgIpc) is 2.86. The summed E-state index contributed by atoms with van der Waals surface area (Å²) < 4.78 is 5.28. The van der Waals surface area contributed by atoms with E-state index >= 15 is 0 Å². The van der Waals surface area contributed by atoms with Gasteiger partial charge in [0, 0.05) is 12.8 Å². The Labute approximate surface area is 114 Å². The van der Waals surface area contributed by atoms with Crippen molar-refractivity contribution in [3.8, 4) is 0 Å². The molecule has 2 N–H and O–H groups in total. The first-order chi connectivity index (χ1) is 9.21. The molecule has 0 aliphatic heterocycles. The molecule has 0 saturated carbocycles. The predicted octanol–water partition coefficient (Wildman–Crippen LogP) is 2.50. The quantitative estimate of drug-likeness (QED) is 0.865. The molecule has 2 rings (SSSR count). The Morgan fingerprint density at radius 3 is 2.63 bits per heavy atom.